The first-order valence-corrected chi connectivity index (χ1v) is 3.83. The van der Waals surface area contributed by atoms with Crippen molar-refractivity contribution >= 4 is 17.9 Å². The monoisotopic (exact) mass is 203 g/mol. The molecule has 14 heavy (non-hydrogen) atoms. The quantitative estimate of drug-likeness (QED) is 0.415. The van der Waals surface area contributed by atoms with Crippen LogP contribution in [0.4, 0.5) is 0 Å². The van der Waals surface area contributed by atoms with Crippen LogP contribution < -0.4 is 5.32 Å². The average molecular weight is 203 g/mol. The highest BCUT2D eigenvalue weighted by Crippen LogP contribution is 2.29. The van der Waals surface area contributed by atoms with Crippen molar-refractivity contribution in [1.29, 1.82) is 0 Å². The summed E-state index contributed by atoms with van der Waals surface area (Å²) >= 11 is 0. The second kappa shape index (κ2) is 3.26. The standard InChI is InChI=1S/C7H9NO6/c9-4(10)3-1-7(2-8-3,5(11)12)6(13)14/h3,8H,1-2H2,(H,9,10)(H,11,12)(H,13,14). The first-order chi connectivity index (χ1) is 6.40. The molecule has 1 saturated heterocycles. The summed E-state index contributed by atoms with van der Waals surface area (Å²) in [6.45, 7) is -0.366. The van der Waals surface area contributed by atoms with Crippen LogP contribution in [0.25, 0.3) is 0 Å². The molecule has 78 valence electrons. The van der Waals surface area contributed by atoms with Crippen molar-refractivity contribution in [2.75, 3.05) is 6.54 Å². The fraction of sp³-hybridized carbons (Fsp3) is 0.571. The van der Waals surface area contributed by atoms with Crippen LogP contribution in [0.5, 0.6) is 0 Å². The molecule has 1 unspecified atom stereocenters. The first kappa shape index (κ1) is 10.5. The zero-order valence-corrected chi connectivity index (χ0v) is 7.06. The van der Waals surface area contributed by atoms with E-state index in [4.69, 9.17) is 15.3 Å². The van der Waals surface area contributed by atoms with Gasteiger partial charge < -0.3 is 20.6 Å². The second-order valence-electron chi connectivity index (χ2n) is 3.17. The molecule has 0 aliphatic carbocycles. The van der Waals surface area contributed by atoms with Crippen LogP contribution in [-0.2, 0) is 14.4 Å². The summed E-state index contributed by atoms with van der Waals surface area (Å²) in [5.74, 6) is -4.27. The van der Waals surface area contributed by atoms with Gasteiger partial charge in [0.25, 0.3) is 0 Å². The van der Waals surface area contributed by atoms with E-state index in [1.807, 2.05) is 0 Å². The Hall–Kier alpha value is -1.63. The minimum absolute atomic E-state index is 0.366. The second-order valence-corrected chi connectivity index (χ2v) is 3.17. The Morgan fingerprint density at radius 2 is 1.64 bits per heavy atom. The third kappa shape index (κ3) is 1.41. The Morgan fingerprint density at radius 1 is 1.14 bits per heavy atom. The smallest absolute Gasteiger partial charge is 0.322 e. The molecule has 0 radical (unpaired) electrons. The van der Waals surface area contributed by atoms with Gasteiger partial charge in [-0.1, -0.05) is 0 Å². The van der Waals surface area contributed by atoms with E-state index in [0.29, 0.717) is 0 Å². The average Bonchev–Trinajstić information content (AvgIpc) is 2.48. The lowest BCUT2D eigenvalue weighted by Crippen LogP contribution is -2.41. The number of carboxylic acid groups (broad SMARTS) is 3. The lowest BCUT2D eigenvalue weighted by atomic mass is 9.85. The van der Waals surface area contributed by atoms with Gasteiger partial charge in [0, 0.05) is 13.0 Å². The molecule has 0 aromatic carbocycles. The molecule has 1 fully saturated rings. The third-order valence-electron chi connectivity index (χ3n) is 2.32. The molecule has 1 aliphatic heterocycles. The number of aliphatic carboxylic acids is 3. The Kier molecular flexibility index (Phi) is 2.43. The van der Waals surface area contributed by atoms with Gasteiger partial charge in [-0.3, -0.25) is 14.4 Å². The number of hydrogen-bond donors (Lipinski definition) is 4. The van der Waals surface area contributed by atoms with Gasteiger partial charge in [-0.2, -0.15) is 0 Å². The van der Waals surface area contributed by atoms with Gasteiger partial charge in [-0.05, 0) is 0 Å². The summed E-state index contributed by atoms with van der Waals surface area (Å²) in [5, 5.41) is 28.3. The lowest BCUT2D eigenvalue weighted by molar-refractivity contribution is -0.163. The highest BCUT2D eigenvalue weighted by molar-refractivity contribution is 6.00. The Labute approximate surface area is 78.3 Å². The van der Waals surface area contributed by atoms with Crippen molar-refractivity contribution in [3.8, 4) is 0 Å². The normalized spacial score (nSPS) is 24.4. The zero-order valence-electron chi connectivity index (χ0n) is 7.06. The SMILES string of the molecule is O=C(O)C1CC(C(=O)O)(C(=O)O)CN1. The maximum absolute atomic E-state index is 10.7. The summed E-state index contributed by atoms with van der Waals surface area (Å²) in [7, 11) is 0. The van der Waals surface area contributed by atoms with Gasteiger partial charge >= 0.3 is 17.9 Å². The van der Waals surface area contributed by atoms with Crippen molar-refractivity contribution in [3.05, 3.63) is 0 Å². The van der Waals surface area contributed by atoms with Gasteiger partial charge in [-0.25, -0.2) is 0 Å². The molecule has 7 heteroatoms. The maximum Gasteiger partial charge on any atom is 0.322 e. The maximum atomic E-state index is 10.7. The van der Waals surface area contributed by atoms with E-state index >= 15 is 0 Å². The van der Waals surface area contributed by atoms with Gasteiger partial charge in [0.2, 0.25) is 0 Å². The van der Waals surface area contributed by atoms with Crippen LogP contribution in [0.15, 0.2) is 0 Å². The van der Waals surface area contributed by atoms with E-state index in [1.165, 1.54) is 0 Å². The third-order valence-corrected chi connectivity index (χ3v) is 2.32. The summed E-state index contributed by atoms with van der Waals surface area (Å²) < 4.78 is 0. The van der Waals surface area contributed by atoms with Crippen molar-refractivity contribution in [1.82, 2.24) is 5.32 Å². The van der Waals surface area contributed by atoms with E-state index in [1.54, 1.807) is 0 Å². The van der Waals surface area contributed by atoms with Gasteiger partial charge in [-0.15, -0.1) is 0 Å². The molecular weight excluding hydrogens is 194 g/mol. The number of carbonyl (C=O) groups is 3. The largest absolute Gasteiger partial charge is 0.480 e. The van der Waals surface area contributed by atoms with Crippen LogP contribution in [0, 0.1) is 5.41 Å². The Balaban J connectivity index is 2.91. The van der Waals surface area contributed by atoms with E-state index in [0.717, 1.165) is 0 Å². The van der Waals surface area contributed by atoms with Gasteiger partial charge in [0.1, 0.15) is 6.04 Å². The Morgan fingerprint density at radius 3 is 1.86 bits per heavy atom. The van der Waals surface area contributed by atoms with Gasteiger partial charge in [0.15, 0.2) is 5.41 Å². The van der Waals surface area contributed by atoms with Crippen LogP contribution in [-0.4, -0.2) is 45.8 Å². The summed E-state index contributed by atoms with van der Waals surface area (Å²) in [6.07, 6.45) is -0.438. The van der Waals surface area contributed by atoms with E-state index in [-0.39, 0.29) is 6.54 Å². The number of carboxylic acids is 3. The minimum atomic E-state index is -2.01. The van der Waals surface area contributed by atoms with Crippen molar-refractivity contribution in [3.63, 3.8) is 0 Å². The molecule has 4 N–H and O–H groups in total. The van der Waals surface area contributed by atoms with Gasteiger partial charge in [0.05, 0.1) is 0 Å². The summed E-state index contributed by atoms with van der Waals surface area (Å²) in [6, 6.07) is -1.11. The summed E-state index contributed by atoms with van der Waals surface area (Å²) in [4.78, 5) is 31.9. The molecule has 0 aromatic heterocycles. The molecule has 7 nitrogen and oxygen atoms in total. The number of hydrogen-bond acceptors (Lipinski definition) is 4. The number of nitrogens with one attached hydrogen (secondary N) is 1. The number of rotatable bonds is 3. The fourth-order valence-corrected chi connectivity index (χ4v) is 1.38. The predicted molar refractivity (Wildman–Crippen MR) is 41.7 cm³/mol. The zero-order chi connectivity index (χ0) is 10.9. The molecule has 0 saturated carbocycles. The molecule has 1 heterocycles. The Bertz CT molecular complexity index is 285. The van der Waals surface area contributed by atoms with E-state index < -0.39 is 35.8 Å². The van der Waals surface area contributed by atoms with Crippen LogP contribution >= 0.6 is 0 Å². The molecular formula is C7H9NO6. The van der Waals surface area contributed by atoms with E-state index in [2.05, 4.69) is 5.32 Å². The molecule has 0 bridgehead atoms. The van der Waals surface area contributed by atoms with Crippen LogP contribution in [0.1, 0.15) is 6.42 Å². The highest BCUT2D eigenvalue weighted by atomic mass is 16.4. The van der Waals surface area contributed by atoms with Crippen molar-refractivity contribution < 1.29 is 29.7 Å². The molecule has 1 atom stereocenters. The lowest BCUT2D eigenvalue weighted by Gasteiger charge is -2.16. The molecule has 1 aliphatic rings. The fourth-order valence-electron chi connectivity index (χ4n) is 1.38. The van der Waals surface area contributed by atoms with E-state index in [9.17, 15) is 14.4 Å². The van der Waals surface area contributed by atoms with Crippen molar-refractivity contribution in [2.24, 2.45) is 5.41 Å². The van der Waals surface area contributed by atoms with Crippen LogP contribution in [0.2, 0.25) is 0 Å². The van der Waals surface area contributed by atoms with Crippen LogP contribution in [0.3, 0.4) is 0 Å². The highest BCUT2D eigenvalue weighted by Gasteiger charge is 2.53. The summed E-state index contributed by atoms with van der Waals surface area (Å²) in [5.41, 5.74) is -2.01. The molecule has 0 spiro atoms. The minimum Gasteiger partial charge on any atom is -0.480 e. The molecule has 0 aromatic rings. The molecule has 0 amide bonds. The molecule has 1 rings (SSSR count). The van der Waals surface area contributed by atoms with Crippen molar-refractivity contribution in [2.45, 2.75) is 12.5 Å². The predicted octanol–water partition coefficient (Wildman–Crippen LogP) is -1.41. The topological polar surface area (TPSA) is 124 Å². The first-order valence-electron chi connectivity index (χ1n) is 3.83.